The third-order valence-electron chi connectivity index (χ3n) is 4.76. The zero-order valence-electron chi connectivity index (χ0n) is 16.3. The molecule has 1 aromatic heterocycles. The third-order valence-corrected chi connectivity index (χ3v) is 5.70. The minimum atomic E-state index is 0. The summed E-state index contributed by atoms with van der Waals surface area (Å²) in [7, 11) is 1.99. The second-order valence-electron chi connectivity index (χ2n) is 6.66. The van der Waals surface area contributed by atoms with Crippen LogP contribution in [0.4, 0.5) is 0 Å². The molecule has 0 unspecified atom stereocenters. The summed E-state index contributed by atoms with van der Waals surface area (Å²) in [4.78, 5) is 19.2. The van der Waals surface area contributed by atoms with Crippen LogP contribution < -0.4 is 10.1 Å². The van der Waals surface area contributed by atoms with Gasteiger partial charge in [0.2, 0.25) is 5.91 Å². The van der Waals surface area contributed by atoms with Gasteiger partial charge in [-0.15, -0.1) is 36.2 Å². The molecule has 0 saturated carbocycles. The number of aromatic nitrogens is 1. The molecular weight excluding hydrogens is 417 g/mol. The van der Waals surface area contributed by atoms with Gasteiger partial charge in [0.15, 0.2) is 0 Å². The Morgan fingerprint density at radius 1 is 1.25 bits per heavy atom. The summed E-state index contributed by atoms with van der Waals surface area (Å²) >= 11 is 1.59. The summed E-state index contributed by atoms with van der Waals surface area (Å²) in [6.45, 7) is 5.40. The van der Waals surface area contributed by atoms with Crippen molar-refractivity contribution in [2.24, 2.45) is 5.92 Å². The van der Waals surface area contributed by atoms with Crippen molar-refractivity contribution in [3.8, 4) is 16.3 Å². The molecule has 8 heteroatoms. The molecule has 3 rings (SSSR count). The van der Waals surface area contributed by atoms with Crippen molar-refractivity contribution in [3.05, 3.63) is 35.3 Å². The van der Waals surface area contributed by atoms with Crippen LogP contribution in [0.5, 0.6) is 5.75 Å². The van der Waals surface area contributed by atoms with Crippen LogP contribution in [0.2, 0.25) is 0 Å². The van der Waals surface area contributed by atoms with Crippen molar-refractivity contribution in [2.45, 2.75) is 26.2 Å². The number of likely N-dealkylation sites (tertiary alicyclic amines) is 1. The number of thiazole rings is 1. The average Bonchev–Trinajstić information content (AvgIpc) is 3.12. The van der Waals surface area contributed by atoms with Gasteiger partial charge in [0.25, 0.3) is 0 Å². The molecule has 0 bridgehead atoms. The van der Waals surface area contributed by atoms with Gasteiger partial charge in [0.05, 0.1) is 18.7 Å². The van der Waals surface area contributed by atoms with Gasteiger partial charge in [0, 0.05) is 24.0 Å². The topological polar surface area (TPSA) is 54.5 Å². The smallest absolute Gasteiger partial charge is 0.228 e. The van der Waals surface area contributed by atoms with Crippen LogP contribution in [0.15, 0.2) is 29.6 Å². The highest BCUT2D eigenvalue weighted by atomic mass is 35.5. The Morgan fingerprint density at radius 3 is 2.54 bits per heavy atom. The standard InChI is InChI=1S/C20H27N3O2S.2ClH/c1-3-25-18-6-4-16(5-7-18)20-22-17(14-26-20)12-19(24)23-10-8-15(9-11-23)13-21-2;;/h4-7,14-15,21H,3,8-13H2,1-2H3;2*1H. The van der Waals surface area contributed by atoms with Crippen LogP contribution in [0.3, 0.4) is 0 Å². The predicted molar refractivity (Wildman–Crippen MR) is 120 cm³/mol. The van der Waals surface area contributed by atoms with Crippen LogP contribution in [-0.4, -0.2) is 49.1 Å². The number of piperidine rings is 1. The minimum Gasteiger partial charge on any atom is -0.494 e. The van der Waals surface area contributed by atoms with Crippen molar-refractivity contribution in [1.82, 2.24) is 15.2 Å². The van der Waals surface area contributed by atoms with Crippen molar-refractivity contribution in [3.63, 3.8) is 0 Å². The van der Waals surface area contributed by atoms with E-state index in [-0.39, 0.29) is 30.7 Å². The van der Waals surface area contributed by atoms with Crippen molar-refractivity contribution < 1.29 is 9.53 Å². The van der Waals surface area contributed by atoms with Gasteiger partial charge < -0.3 is 15.0 Å². The number of nitrogens with one attached hydrogen (secondary N) is 1. The van der Waals surface area contributed by atoms with Crippen LogP contribution in [0.1, 0.15) is 25.5 Å². The van der Waals surface area contributed by atoms with Gasteiger partial charge in [-0.25, -0.2) is 4.98 Å². The molecule has 2 aromatic rings. The Balaban J connectivity index is 0.00000196. The van der Waals surface area contributed by atoms with Crippen LogP contribution >= 0.6 is 36.2 Å². The van der Waals surface area contributed by atoms with E-state index in [1.807, 2.05) is 48.5 Å². The summed E-state index contributed by atoms with van der Waals surface area (Å²) in [6, 6.07) is 7.95. The summed E-state index contributed by atoms with van der Waals surface area (Å²) in [5.41, 5.74) is 1.92. The summed E-state index contributed by atoms with van der Waals surface area (Å²) in [5, 5.41) is 6.18. The quantitative estimate of drug-likeness (QED) is 0.697. The fraction of sp³-hybridized carbons (Fsp3) is 0.500. The lowest BCUT2D eigenvalue weighted by Gasteiger charge is -2.31. The zero-order valence-corrected chi connectivity index (χ0v) is 18.8. The molecule has 1 aliphatic heterocycles. The highest BCUT2D eigenvalue weighted by molar-refractivity contribution is 7.13. The van der Waals surface area contributed by atoms with Gasteiger partial charge in [0.1, 0.15) is 10.8 Å². The van der Waals surface area contributed by atoms with E-state index in [4.69, 9.17) is 4.74 Å². The van der Waals surface area contributed by atoms with E-state index in [1.54, 1.807) is 11.3 Å². The largest absolute Gasteiger partial charge is 0.494 e. The molecule has 1 aromatic carbocycles. The van der Waals surface area contributed by atoms with Crippen molar-refractivity contribution >= 4 is 42.1 Å². The molecule has 0 spiro atoms. The Kier molecular flexibility index (Phi) is 10.8. The molecule has 156 valence electrons. The maximum absolute atomic E-state index is 12.6. The summed E-state index contributed by atoms with van der Waals surface area (Å²) in [6.07, 6.45) is 2.56. The van der Waals surface area contributed by atoms with E-state index in [0.29, 0.717) is 18.9 Å². The number of ether oxygens (including phenoxy) is 1. The zero-order chi connectivity index (χ0) is 18.4. The molecule has 1 fully saturated rings. The van der Waals surface area contributed by atoms with Gasteiger partial charge in [-0.1, -0.05) is 0 Å². The number of rotatable bonds is 7. The lowest BCUT2D eigenvalue weighted by molar-refractivity contribution is -0.131. The monoisotopic (exact) mass is 445 g/mol. The molecule has 5 nitrogen and oxygen atoms in total. The predicted octanol–water partition coefficient (Wildman–Crippen LogP) is 4.05. The first kappa shape index (κ1) is 24.7. The van der Waals surface area contributed by atoms with Gasteiger partial charge in [-0.2, -0.15) is 0 Å². The van der Waals surface area contributed by atoms with Gasteiger partial charge >= 0.3 is 0 Å². The molecule has 0 radical (unpaired) electrons. The number of carbonyl (C=O) groups excluding carboxylic acids is 1. The number of benzene rings is 1. The molecule has 1 N–H and O–H groups in total. The fourth-order valence-electron chi connectivity index (χ4n) is 3.32. The lowest BCUT2D eigenvalue weighted by atomic mass is 9.96. The van der Waals surface area contributed by atoms with E-state index in [2.05, 4.69) is 10.3 Å². The molecular formula is C20H29Cl2N3O2S. The number of carbonyl (C=O) groups is 1. The average molecular weight is 446 g/mol. The Labute approximate surface area is 183 Å². The first-order valence-corrected chi connectivity index (χ1v) is 10.2. The highest BCUT2D eigenvalue weighted by Crippen LogP contribution is 2.26. The summed E-state index contributed by atoms with van der Waals surface area (Å²) < 4.78 is 5.47. The van der Waals surface area contributed by atoms with Crippen LogP contribution in [0.25, 0.3) is 10.6 Å². The number of amides is 1. The second kappa shape index (κ2) is 12.3. The SMILES string of the molecule is CCOc1ccc(-c2nc(CC(=O)N3CCC(CNC)CC3)cs2)cc1.Cl.Cl. The Bertz CT molecular complexity index is 716. The maximum atomic E-state index is 12.6. The molecule has 0 atom stereocenters. The second-order valence-corrected chi connectivity index (χ2v) is 7.52. The number of nitrogens with zero attached hydrogens (tertiary/aromatic N) is 2. The number of halogens is 2. The molecule has 28 heavy (non-hydrogen) atoms. The van der Waals surface area contributed by atoms with Gasteiger partial charge in [-0.3, -0.25) is 4.79 Å². The van der Waals surface area contributed by atoms with Gasteiger partial charge in [-0.05, 0) is 63.5 Å². The van der Waals surface area contributed by atoms with Crippen molar-refractivity contribution in [2.75, 3.05) is 33.3 Å². The summed E-state index contributed by atoms with van der Waals surface area (Å²) in [5.74, 6) is 1.75. The first-order chi connectivity index (χ1) is 12.7. The number of hydrogen-bond donors (Lipinski definition) is 1. The van der Waals surface area contributed by atoms with E-state index < -0.39 is 0 Å². The molecule has 2 heterocycles. The van der Waals surface area contributed by atoms with E-state index in [1.165, 1.54) is 0 Å². The molecule has 1 aliphatic rings. The lowest BCUT2D eigenvalue weighted by Crippen LogP contribution is -2.41. The van der Waals surface area contributed by atoms with E-state index in [9.17, 15) is 4.79 Å². The minimum absolute atomic E-state index is 0. The molecule has 1 amide bonds. The van der Waals surface area contributed by atoms with Crippen LogP contribution in [0, 0.1) is 5.92 Å². The Hall–Kier alpha value is -1.34. The third kappa shape index (κ3) is 6.62. The fourth-order valence-corrected chi connectivity index (χ4v) is 4.15. The first-order valence-electron chi connectivity index (χ1n) is 9.29. The number of hydrogen-bond acceptors (Lipinski definition) is 5. The van der Waals surface area contributed by atoms with E-state index in [0.717, 1.165) is 54.5 Å². The maximum Gasteiger partial charge on any atom is 0.228 e. The molecule has 0 aliphatic carbocycles. The van der Waals surface area contributed by atoms with E-state index >= 15 is 0 Å². The van der Waals surface area contributed by atoms with Crippen LogP contribution in [-0.2, 0) is 11.2 Å². The van der Waals surface area contributed by atoms with Crippen molar-refractivity contribution in [1.29, 1.82) is 0 Å². The highest BCUT2D eigenvalue weighted by Gasteiger charge is 2.23. The molecule has 1 saturated heterocycles. The normalized spacial score (nSPS) is 14.1. The Morgan fingerprint density at radius 2 is 1.93 bits per heavy atom.